The van der Waals surface area contributed by atoms with Crippen LogP contribution in [0, 0.1) is 0 Å². The number of hydrogen-bond donors (Lipinski definition) is 0. The highest BCUT2D eigenvalue weighted by Gasteiger charge is 2.06. The monoisotopic (exact) mass is 158 g/mol. The average Bonchev–Trinajstić information content (AvgIpc) is 2.10. The van der Waals surface area contributed by atoms with Crippen LogP contribution < -0.4 is 4.87 Å². The molecular weight excluding hydrogens is 148 g/mol. The van der Waals surface area contributed by atoms with Crippen molar-refractivity contribution in [2.45, 2.75) is 19.8 Å². The maximum absolute atomic E-state index is 10.7. The third-order valence-corrected chi connectivity index (χ3v) is 1.97. The summed E-state index contributed by atoms with van der Waals surface area (Å²) in [5, 5.41) is 0. The molecular formula is C6H10N2OS. The van der Waals surface area contributed by atoms with Crippen molar-refractivity contribution in [1.82, 2.24) is 8.94 Å². The molecule has 0 saturated heterocycles. The zero-order valence-corrected chi connectivity index (χ0v) is 7.10. The molecule has 0 unspecified atom stereocenters. The molecule has 0 saturated carbocycles. The molecule has 1 aromatic rings. The van der Waals surface area contributed by atoms with E-state index in [1.54, 1.807) is 0 Å². The first-order valence-corrected chi connectivity index (χ1v) is 3.93. The zero-order chi connectivity index (χ0) is 7.72. The predicted octanol–water partition coefficient (Wildman–Crippen LogP) is 0.965. The molecule has 1 heterocycles. The van der Waals surface area contributed by atoms with E-state index in [2.05, 4.69) is 4.98 Å². The van der Waals surface area contributed by atoms with E-state index in [0.717, 1.165) is 17.4 Å². The highest BCUT2D eigenvalue weighted by Crippen LogP contribution is 2.09. The average molecular weight is 158 g/mol. The number of aromatic nitrogens is 2. The molecule has 0 atom stereocenters. The van der Waals surface area contributed by atoms with Gasteiger partial charge in [-0.3, -0.25) is 8.75 Å². The Morgan fingerprint density at radius 2 is 2.20 bits per heavy atom. The highest BCUT2D eigenvalue weighted by molar-refractivity contribution is 7.03. The second kappa shape index (κ2) is 2.54. The Labute approximate surface area is 63.5 Å². The minimum Gasteiger partial charge on any atom is -0.284 e. The molecule has 10 heavy (non-hydrogen) atoms. The van der Waals surface area contributed by atoms with E-state index >= 15 is 0 Å². The maximum atomic E-state index is 10.7. The summed E-state index contributed by atoms with van der Waals surface area (Å²) in [6.45, 7) is 4.04. The number of rotatable bonds is 1. The lowest BCUT2D eigenvalue weighted by Gasteiger charge is -2.00. The Kier molecular flexibility index (Phi) is 1.89. The topological polar surface area (TPSA) is 34.9 Å². The molecule has 0 amide bonds. The van der Waals surface area contributed by atoms with Crippen LogP contribution in [0.5, 0.6) is 0 Å². The summed E-state index contributed by atoms with van der Waals surface area (Å²) in [6.07, 6.45) is 0. The van der Waals surface area contributed by atoms with Crippen LogP contribution in [0.3, 0.4) is 0 Å². The second-order valence-electron chi connectivity index (χ2n) is 2.48. The standard InChI is InChI=1S/C6H10N2OS/c1-4(2)5-7-6(9)10-8(5)3/h4H,1-3H3. The quantitative estimate of drug-likeness (QED) is 0.610. The fourth-order valence-electron chi connectivity index (χ4n) is 0.841. The third-order valence-electron chi connectivity index (χ3n) is 1.26. The first-order chi connectivity index (χ1) is 4.61. The molecule has 56 valence electrons. The van der Waals surface area contributed by atoms with E-state index in [1.807, 2.05) is 24.9 Å². The van der Waals surface area contributed by atoms with Gasteiger partial charge in [0.15, 0.2) is 0 Å². The summed E-state index contributed by atoms with van der Waals surface area (Å²) in [5.74, 6) is 1.21. The predicted molar refractivity (Wildman–Crippen MR) is 41.4 cm³/mol. The number of hydrogen-bond acceptors (Lipinski definition) is 3. The van der Waals surface area contributed by atoms with Crippen molar-refractivity contribution >= 4 is 11.5 Å². The van der Waals surface area contributed by atoms with Gasteiger partial charge >= 0.3 is 4.87 Å². The minimum atomic E-state index is -0.105. The van der Waals surface area contributed by atoms with Crippen LogP contribution in [-0.2, 0) is 7.05 Å². The number of aryl methyl sites for hydroxylation is 1. The first-order valence-electron chi connectivity index (χ1n) is 3.15. The molecule has 1 rings (SSSR count). The zero-order valence-electron chi connectivity index (χ0n) is 6.29. The molecule has 0 spiro atoms. The van der Waals surface area contributed by atoms with Crippen molar-refractivity contribution in [3.63, 3.8) is 0 Å². The van der Waals surface area contributed by atoms with E-state index < -0.39 is 0 Å². The molecule has 0 bridgehead atoms. The number of nitrogens with zero attached hydrogens (tertiary/aromatic N) is 2. The molecule has 0 aromatic carbocycles. The van der Waals surface area contributed by atoms with Crippen LogP contribution >= 0.6 is 11.5 Å². The Balaban J connectivity index is 3.15. The van der Waals surface area contributed by atoms with Gasteiger partial charge in [-0.05, 0) is 0 Å². The smallest absolute Gasteiger partial charge is 0.284 e. The van der Waals surface area contributed by atoms with Gasteiger partial charge in [0.25, 0.3) is 0 Å². The van der Waals surface area contributed by atoms with Crippen LogP contribution in [0.25, 0.3) is 0 Å². The normalized spacial score (nSPS) is 10.8. The van der Waals surface area contributed by atoms with Gasteiger partial charge in [-0.25, -0.2) is 0 Å². The lowest BCUT2D eigenvalue weighted by atomic mass is 10.2. The van der Waals surface area contributed by atoms with Gasteiger partial charge < -0.3 is 0 Å². The van der Waals surface area contributed by atoms with Crippen molar-refractivity contribution in [3.8, 4) is 0 Å². The summed E-state index contributed by atoms with van der Waals surface area (Å²) in [6, 6.07) is 0. The SMILES string of the molecule is CC(C)c1nc(=O)sn1C. The fraction of sp³-hybridized carbons (Fsp3) is 0.667. The van der Waals surface area contributed by atoms with E-state index in [-0.39, 0.29) is 4.87 Å². The van der Waals surface area contributed by atoms with Crippen molar-refractivity contribution in [2.75, 3.05) is 0 Å². The Hall–Kier alpha value is -0.640. The maximum Gasteiger partial charge on any atom is 0.344 e. The fourth-order valence-corrected chi connectivity index (χ4v) is 1.55. The molecule has 4 heteroatoms. The van der Waals surface area contributed by atoms with Gasteiger partial charge in [0, 0.05) is 24.5 Å². The molecule has 0 fully saturated rings. The van der Waals surface area contributed by atoms with Gasteiger partial charge in [0.2, 0.25) is 0 Å². The van der Waals surface area contributed by atoms with Gasteiger partial charge in [-0.15, -0.1) is 0 Å². The largest absolute Gasteiger partial charge is 0.344 e. The summed E-state index contributed by atoms with van der Waals surface area (Å²) in [7, 11) is 1.86. The van der Waals surface area contributed by atoms with Crippen molar-refractivity contribution in [1.29, 1.82) is 0 Å². The lowest BCUT2D eigenvalue weighted by Crippen LogP contribution is -1.99. The van der Waals surface area contributed by atoms with Crippen molar-refractivity contribution < 1.29 is 0 Å². The summed E-state index contributed by atoms with van der Waals surface area (Å²) in [4.78, 5) is 14.4. The van der Waals surface area contributed by atoms with Crippen LogP contribution in [0.4, 0.5) is 0 Å². The molecule has 0 aliphatic carbocycles. The van der Waals surface area contributed by atoms with E-state index in [0.29, 0.717) is 5.92 Å². The van der Waals surface area contributed by atoms with E-state index in [9.17, 15) is 4.79 Å². The van der Waals surface area contributed by atoms with Crippen LogP contribution in [0.2, 0.25) is 0 Å². The third kappa shape index (κ3) is 1.26. The van der Waals surface area contributed by atoms with E-state index in [4.69, 9.17) is 0 Å². The lowest BCUT2D eigenvalue weighted by molar-refractivity contribution is 0.732. The molecule has 0 aliphatic heterocycles. The summed E-state index contributed by atoms with van der Waals surface area (Å²) >= 11 is 1.15. The summed E-state index contributed by atoms with van der Waals surface area (Å²) in [5.41, 5.74) is 0. The van der Waals surface area contributed by atoms with Crippen molar-refractivity contribution in [3.05, 3.63) is 15.5 Å². The molecule has 1 aromatic heterocycles. The summed E-state index contributed by atoms with van der Waals surface area (Å²) < 4.78 is 1.81. The molecule has 3 nitrogen and oxygen atoms in total. The van der Waals surface area contributed by atoms with Gasteiger partial charge in [-0.1, -0.05) is 13.8 Å². The van der Waals surface area contributed by atoms with Crippen LogP contribution in [0.1, 0.15) is 25.6 Å². The Bertz CT molecular complexity index is 274. The first kappa shape index (κ1) is 7.47. The van der Waals surface area contributed by atoms with Crippen LogP contribution in [-0.4, -0.2) is 8.94 Å². The van der Waals surface area contributed by atoms with Gasteiger partial charge in [-0.2, -0.15) is 4.98 Å². The Morgan fingerprint density at radius 3 is 2.40 bits per heavy atom. The molecule has 0 aliphatic rings. The Morgan fingerprint density at radius 1 is 1.60 bits per heavy atom. The second-order valence-corrected chi connectivity index (χ2v) is 3.56. The van der Waals surface area contributed by atoms with Crippen LogP contribution in [0.15, 0.2) is 4.79 Å². The van der Waals surface area contributed by atoms with Gasteiger partial charge in [0.05, 0.1) is 0 Å². The minimum absolute atomic E-state index is 0.105. The van der Waals surface area contributed by atoms with Crippen molar-refractivity contribution in [2.24, 2.45) is 7.05 Å². The molecule has 0 N–H and O–H groups in total. The van der Waals surface area contributed by atoms with E-state index in [1.165, 1.54) is 0 Å². The molecule has 0 radical (unpaired) electrons. The van der Waals surface area contributed by atoms with Gasteiger partial charge in [0.1, 0.15) is 5.82 Å². The highest BCUT2D eigenvalue weighted by atomic mass is 32.1.